The Labute approximate surface area is 138 Å². The van der Waals surface area contributed by atoms with Crippen LogP contribution in [0.3, 0.4) is 0 Å². The number of benzene rings is 2. The molecular formula is C15H8BrClF2N2O. The maximum absolute atomic E-state index is 13.7. The van der Waals surface area contributed by atoms with Crippen molar-refractivity contribution in [2.75, 3.05) is 0 Å². The van der Waals surface area contributed by atoms with E-state index in [1.54, 1.807) is 25.1 Å². The summed E-state index contributed by atoms with van der Waals surface area (Å²) in [6.45, 7) is 1.60. The fourth-order valence-corrected chi connectivity index (χ4v) is 2.41. The summed E-state index contributed by atoms with van der Waals surface area (Å²) in [5.74, 6) is -1.34. The lowest BCUT2D eigenvalue weighted by Crippen LogP contribution is -1.99. The molecule has 7 heteroatoms. The summed E-state index contributed by atoms with van der Waals surface area (Å²) in [6, 6.07) is 7.48. The van der Waals surface area contributed by atoms with Gasteiger partial charge in [0.2, 0.25) is 5.88 Å². The van der Waals surface area contributed by atoms with Gasteiger partial charge in [-0.25, -0.2) is 18.7 Å². The number of hydrogen-bond donors (Lipinski definition) is 0. The SMILES string of the molecule is Cc1nc2c(F)c(F)ccc2nc1Oc1cccc(Cl)c1Br. The van der Waals surface area contributed by atoms with Crippen molar-refractivity contribution in [3.63, 3.8) is 0 Å². The standard InChI is InChI=1S/C15H8BrClF2N2O/c1-7-15(22-11-4-2-3-8(17)12(11)16)21-10-6-5-9(18)13(19)14(10)20-7/h2-6H,1H3. The highest BCUT2D eigenvalue weighted by molar-refractivity contribution is 9.10. The first-order valence-electron chi connectivity index (χ1n) is 6.21. The molecule has 0 atom stereocenters. The summed E-state index contributed by atoms with van der Waals surface area (Å²) in [5.41, 5.74) is 0.413. The smallest absolute Gasteiger partial charge is 0.241 e. The highest BCUT2D eigenvalue weighted by atomic mass is 79.9. The van der Waals surface area contributed by atoms with Gasteiger partial charge in [-0.1, -0.05) is 17.7 Å². The number of fused-ring (bicyclic) bond motifs is 1. The average molecular weight is 386 g/mol. The Hall–Kier alpha value is -1.79. The van der Waals surface area contributed by atoms with Gasteiger partial charge in [0.05, 0.1) is 15.0 Å². The Morgan fingerprint density at radius 1 is 1.14 bits per heavy atom. The molecule has 1 heterocycles. The van der Waals surface area contributed by atoms with Gasteiger partial charge in [-0.05, 0) is 47.1 Å². The molecule has 0 saturated heterocycles. The van der Waals surface area contributed by atoms with Gasteiger partial charge in [-0.3, -0.25) is 0 Å². The van der Waals surface area contributed by atoms with Crippen LogP contribution in [0.1, 0.15) is 5.69 Å². The zero-order valence-electron chi connectivity index (χ0n) is 11.2. The van der Waals surface area contributed by atoms with Crippen LogP contribution < -0.4 is 4.74 Å². The fraction of sp³-hybridized carbons (Fsp3) is 0.0667. The van der Waals surface area contributed by atoms with Crippen LogP contribution in [0.4, 0.5) is 8.78 Å². The largest absolute Gasteiger partial charge is 0.436 e. The molecule has 112 valence electrons. The monoisotopic (exact) mass is 384 g/mol. The molecule has 0 saturated carbocycles. The Kier molecular flexibility index (Phi) is 3.97. The highest BCUT2D eigenvalue weighted by Crippen LogP contribution is 2.35. The minimum atomic E-state index is -1.02. The van der Waals surface area contributed by atoms with E-state index in [1.807, 2.05) is 0 Å². The number of hydrogen-bond acceptors (Lipinski definition) is 3. The van der Waals surface area contributed by atoms with Crippen molar-refractivity contribution in [3.8, 4) is 11.6 Å². The summed E-state index contributed by atoms with van der Waals surface area (Å²) in [6.07, 6.45) is 0. The minimum absolute atomic E-state index is 0.130. The molecule has 0 spiro atoms. The molecule has 0 amide bonds. The zero-order valence-corrected chi connectivity index (χ0v) is 13.5. The van der Waals surface area contributed by atoms with Crippen LogP contribution in [0, 0.1) is 18.6 Å². The topological polar surface area (TPSA) is 35.0 Å². The third-order valence-electron chi connectivity index (χ3n) is 2.98. The van der Waals surface area contributed by atoms with Crippen LogP contribution in [-0.4, -0.2) is 9.97 Å². The molecule has 0 aliphatic heterocycles. The molecule has 0 aliphatic carbocycles. The lowest BCUT2D eigenvalue weighted by Gasteiger charge is -2.10. The van der Waals surface area contributed by atoms with Gasteiger partial charge in [0, 0.05) is 0 Å². The molecule has 0 radical (unpaired) electrons. The molecule has 3 nitrogen and oxygen atoms in total. The van der Waals surface area contributed by atoms with Crippen LogP contribution in [0.25, 0.3) is 11.0 Å². The van der Waals surface area contributed by atoms with Crippen molar-refractivity contribution >= 4 is 38.6 Å². The third-order valence-corrected chi connectivity index (χ3v) is 4.34. The lowest BCUT2D eigenvalue weighted by atomic mass is 10.2. The maximum Gasteiger partial charge on any atom is 0.241 e. The normalized spacial score (nSPS) is 11.0. The predicted octanol–water partition coefficient (Wildman–Crippen LogP) is 5.42. The first kappa shape index (κ1) is 15.1. The van der Waals surface area contributed by atoms with Gasteiger partial charge >= 0.3 is 0 Å². The third kappa shape index (κ3) is 2.64. The van der Waals surface area contributed by atoms with E-state index in [9.17, 15) is 8.78 Å². The molecule has 0 N–H and O–H groups in total. The van der Waals surface area contributed by atoms with E-state index in [0.717, 1.165) is 6.07 Å². The molecule has 0 fully saturated rings. The van der Waals surface area contributed by atoms with E-state index in [2.05, 4.69) is 25.9 Å². The van der Waals surface area contributed by atoms with Crippen LogP contribution in [0.15, 0.2) is 34.8 Å². The molecule has 3 aromatic rings. The average Bonchev–Trinajstić information content (AvgIpc) is 2.49. The Morgan fingerprint density at radius 2 is 1.91 bits per heavy atom. The number of aromatic nitrogens is 2. The number of nitrogens with zero attached hydrogens (tertiary/aromatic N) is 2. The highest BCUT2D eigenvalue weighted by Gasteiger charge is 2.15. The molecule has 22 heavy (non-hydrogen) atoms. The van der Waals surface area contributed by atoms with Gasteiger partial charge in [0.25, 0.3) is 0 Å². The molecule has 0 aliphatic rings. The van der Waals surface area contributed by atoms with Gasteiger partial charge in [-0.15, -0.1) is 0 Å². The van der Waals surface area contributed by atoms with Crippen molar-refractivity contribution < 1.29 is 13.5 Å². The predicted molar refractivity (Wildman–Crippen MR) is 83.4 cm³/mol. The number of ether oxygens (including phenoxy) is 1. The molecular weight excluding hydrogens is 378 g/mol. The van der Waals surface area contributed by atoms with Crippen molar-refractivity contribution in [2.24, 2.45) is 0 Å². The lowest BCUT2D eigenvalue weighted by molar-refractivity contribution is 0.454. The summed E-state index contributed by atoms with van der Waals surface area (Å²) in [5, 5.41) is 0.483. The molecule has 0 bridgehead atoms. The first-order valence-corrected chi connectivity index (χ1v) is 7.38. The zero-order chi connectivity index (χ0) is 15.9. The number of rotatable bonds is 2. The van der Waals surface area contributed by atoms with Gasteiger partial charge in [0.1, 0.15) is 17.0 Å². The first-order chi connectivity index (χ1) is 10.5. The van der Waals surface area contributed by atoms with Crippen molar-refractivity contribution in [3.05, 3.63) is 57.2 Å². The molecule has 1 aromatic heterocycles. The summed E-state index contributed by atoms with van der Waals surface area (Å²) >= 11 is 9.32. The number of aryl methyl sites for hydroxylation is 1. The van der Waals surface area contributed by atoms with E-state index >= 15 is 0 Å². The Morgan fingerprint density at radius 3 is 2.68 bits per heavy atom. The quantitative estimate of drug-likeness (QED) is 0.590. The van der Waals surface area contributed by atoms with Gasteiger partial charge in [-0.2, -0.15) is 0 Å². The molecule has 0 unspecified atom stereocenters. The van der Waals surface area contributed by atoms with Crippen molar-refractivity contribution in [2.45, 2.75) is 6.92 Å². The van der Waals surface area contributed by atoms with Crippen molar-refractivity contribution in [1.29, 1.82) is 0 Å². The van der Waals surface area contributed by atoms with Gasteiger partial charge in [0.15, 0.2) is 11.6 Å². The fourth-order valence-electron chi connectivity index (χ4n) is 1.90. The minimum Gasteiger partial charge on any atom is -0.436 e. The van der Waals surface area contributed by atoms with Crippen molar-refractivity contribution in [1.82, 2.24) is 9.97 Å². The molecule has 2 aromatic carbocycles. The van der Waals surface area contributed by atoms with E-state index in [0.29, 0.717) is 20.9 Å². The van der Waals surface area contributed by atoms with Crippen LogP contribution >= 0.6 is 27.5 Å². The van der Waals surface area contributed by atoms with E-state index in [4.69, 9.17) is 16.3 Å². The Balaban J connectivity index is 2.10. The summed E-state index contributed by atoms with van der Waals surface area (Å²) < 4.78 is 33.2. The number of halogens is 4. The van der Waals surface area contributed by atoms with Crippen LogP contribution in [0.2, 0.25) is 5.02 Å². The second-order valence-electron chi connectivity index (χ2n) is 4.50. The Bertz CT molecular complexity index is 889. The van der Waals surface area contributed by atoms with E-state index in [1.165, 1.54) is 6.07 Å². The van der Waals surface area contributed by atoms with Crippen LogP contribution in [0.5, 0.6) is 11.6 Å². The van der Waals surface area contributed by atoms with E-state index < -0.39 is 11.6 Å². The van der Waals surface area contributed by atoms with Gasteiger partial charge < -0.3 is 4.74 Å². The second-order valence-corrected chi connectivity index (χ2v) is 5.70. The second kappa shape index (κ2) is 5.78. The summed E-state index contributed by atoms with van der Waals surface area (Å²) in [7, 11) is 0. The molecule has 3 rings (SSSR count). The van der Waals surface area contributed by atoms with E-state index in [-0.39, 0.29) is 16.9 Å². The summed E-state index contributed by atoms with van der Waals surface area (Å²) in [4.78, 5) is 8.22. The van der Waals surface area contributed by atoms with Crippen LogP contribution in [-0.2, 0) is 0 Å². The maximum atomic E-state index is 13.7.